The number of hydrogen-bond acceptors (Lipinski definition) is 1. The zero-order valence-electron chi connectivity index (χ0n) is 11.5. The fourth-order valence-corrected chi connectivity index (χ4v) is 2.57. The van der Waals surface area contributed by atoms with Crippen LogP contribution < -0.4 is 0 Å². The maximum absolute atomic E-state index is 12.3. The van der Waals surface area contributed by atoms with Crippen molar-refractivity contribution >= 4 is 28.5 Å². The average molecular weight is 369 g/mol. The van der Waals surface area contributed by atoms with Gasteiger partial charge in [0.05, 0.1) is 9.75 Å². The Kier molecular flexibility index (Phi) is 6.84. The van der Waals surface area contributed by atoms with Crippen molar-refractivity contribution in [3.8, 4) is 0 Å². The van der Waals surface area contributed by atoms with Crippen LogP contribution in [0.25, 0.3) is 0 Å². The first-order chi connectivity index (χ1) is 9.11. The Balaban J connectivity index is 2.97. The van der Waals surface area contributed by atoms with Gasteiger partial charge in [-0.1, -0.05) is 42.5 Å². The molecular formula is C16H20INO. The molecule has 102 valence electrons. The van der Waals surface area contributed by atoms with Gasteiger partial charge in [-0.15, -0.1) is 6.58 Å². The van der Waals surface area contributed by atoms with E-state index >= 15 is 0 Å². The molecule has 0 bridgehead atoms. The van der Waals surface area contributed by atoms with Crippen LogP contribution in [-0.4, -0.2) is 10.8 Å². The summed E-state index contributed by atoms with van der Waals surface area (Å²) in [5.74, 6) is 0.138. The lowest BCUT2D eigenvalue weighted by Gasteiger charge is -2.29. The summed E-state index contributed by atoms with van der Waals surface area (Å²) in [5.41, 5.74) is 1.14. The first-order valence-corrected chi connectivity index (χ1v) is 7.49. The lowest BCUT2D eigenvalue weighted by atomic mass is 10.1. The van der Waals surface area contributed by atoms with Crippen molar-refractivity contribution in [3.05, 3.63) is 58.3 Å². The van der Waals surface area contributed by atoms with E-state index in [1.165, 1.54) is 0 Å². The smallest absolute Gasteiger partial charge is 0.228 e. The minimum absolute atomic E-state index is 0.0432. The van der Waals surface area contributed by atoms with Gasteiger partial charge >= 0.3 is 0 Å². The molecule has 0 N–H and O–H groups in total. The molecule has 0 aliphatic heterocycles. The molecule has 0 aliphatic rings. The molecule has 2 nitrogen and oxygen atoms in total. The lowest BCUT2D eigenvalue weighted by molar-refractivity contribution is -0.130. The molecule has 0 unspecified atom stereocenters. The molecule has 0 spiro atoms. The van der Waals surface area contributed by atoms with Gasteiger partial charge in [-0.05, 0) is 48.4 Å². The summed E-state index contributed by atoms with van der Waals surface area (Å²) >= 11 is 2.22. The van der Waals surface area contributed by atoms with Gasteiger partial charge in [-0.2, -0.15) is 0 Å². The first-order valence-electron chi connectivity index (χ1n) is 6.41. The van der Waals surface area contributed by atoms with E-state index in [2.05, 4.69) is 48.2 Å². The molecule has 1 atom stereocenters. The van der Waals surface area contributed by atoms with E-state index in [9.17, 15) is 4.79 Å². The van der Waals surface area contributed by atoms with E-state index in [0.29, 0.717) is 12.8 Å². The molecule has 0 radical (unpaired) electrons. The molecule has 0 fully saturated rings. The third-order valence-corrected chi connectivity index (χ3v) is 4.11. The Morgan fingerprint density at radius 3 is 2.58 bits per heavy atom. The second kappa shape index (κ2) is 8.15. The van der Waals surface area contributed by atoms with Crippen LogP contribution in [0.4, 0.5) is 0 Å². The number of allylic oxidation sites excluding steroid dienone is 2. The van der Waals surface area contributed by atoms with Crippen molar-refractivity contribution < 1.29 is 4.79 Å². The highest BCUT2D eigenvalue weighted by Crippen LogP contribution is 2.28. The summed E-state index contributed by atoms with van der Waals surface area (Å²) in [6.45, 7) is 7.68. The van der Waals surface area contributed by atoms with Gasteiger partial charge in [-0.25, -0.2) is 0 Å². The van der Waals surface area contributed by atoms with E-state index in [1.54, 1.807) is 6.08 Å². The largest absolute Gasteiger partial charge is 0.300 e. The van der Waals surface area contributed by atoms with E-state index < -0.39 is 0 Å². The van der Waals surface area contributed by atoms with Crippen LogP contribution in [-0.2, 0) is 4.79 Å². The molecule has 1 aromatic rings. The number of nitrogens with zero attached hydrogens (tertiary/aromatic N) is 1. The minimum atomic E-state index is 0.0432. The number of benzene rings is 1. The summed E-state index contributed by atoms with van der Waals surface area (Å²) in [5, 5.41) is 0. The molecule has 1 rings (SSSR count). The van der Waals surface area contributed by atoms with E-state index in [1.807, 2.05) is 36.1 Å². The lowest BCUT2D eigenvalue weighted by Crippen LogP contribution is -2.30. The minimum Gasteiger partial charge on any atom is -0.300 e. The van der Waals surface area contributed by atoms with Crippen LogP contribution in [0.2, 0.25) is 0 Å². The SMILES string of the molecule is C=CCCC(=O)N(/C(I)=C\C)[C@@H](C)c1ccccc1. The maximum atomic E-state index is 12.3. The Labute approximate surface area is 129 Å². The van der Waals surface area contributed by atoms with Gasteiger partial charge in [-0.3, -0.25) is 4.79 Å². The van der Waals surface area contributed by atoms with Crippen molar-refractivity contribution in [2.24, 2.45) is 0 Å². The van der Waals surface area contributed by atoms with Crippen LogP contribution >= 0.6 is 22.6 Å². The molecule has 0 saturated carbocycles. The topological polar surface area (TPSA) is 20.3 Å². The molecule has 0 saturated heterocycles. The van der Waals surface area contributed by atoms with Crippen LogP contribution in [0, 0.1) is 0 Å². The summed E-state index contributed by atoms with van der Waals surface area (Å²) < 4.78 is 0.961. The zero-order chi connectivity index (χ0) is 14.3. The predicted octanol–water partition coefficient (Wildman–Crippen LogP) is 4.84. The number of carbonyl (C=O) groups excluding carboxylic acids is 1. The van der Waals surface area contributed by atoms with E-state index in [4.69, 9.17) is 0 Å². The number of carbonyl (C=O) groups is 1. The second-order valence-corrected chi connectivity index (χ2v) is 5.39. The van der Waals surface area contributed by atoms with Crippen LogP contribution in [0.5, 0.6) is 0 Å². The average Bonchev–Trinajstić information content (AvgIpc) is 2.45. The Hall–Kier alpha value is -1.10. The summed E-state index contributed by atoms with van der Waals surface area (Å²) in [6.07, 6.45) is 4.96. The van der Waals surface area contributed by atoms with E-state index in [0.717, 1.165) is 9.27 Å². The van der Waals surface area contributed by atoms with Crippen LogP contribution in [0.1, 0.15) is 38.3 Å². The molecular weight excluding hydrogens is 349 g/mol. The first kappa shape index (κ1) is 16.0. The summed E-state index contributed by atoms with van der Waals surface area (Å²) in [4.78, 5) is 14.2. The van der Waals surface area contributed by atoms with Gasteiger partial charge in [0.25, 0.3) is 0 Å². The highest BCUT2D eigenvalue weighted by Gasteiger charge is 2.22. The molecule has 0 heterocycles. The quantitative estimate of drug-likeness (QED) is 0.399. The number of hydrogen-bond donors (Lipinski definition) is 0. The van der Waals surface area contributed by atoms with Crippen LogP contribution in [0.3, 0.4) is 0 Å². The summed E-state index contributed by atoms with van der Waals surface area (Å²) in [6, 6.07) is 10.1. The highest BCUT2D eigenvalue weighted by atomic mass is 127. The normalized spacial score (nSPS) is 12.9. The van der Waals surface area contributed by atoms with Gasteiger partial charge in [0.15, 0.2) is 0 Å². The summed E-state index contributed by atoms with van der Waals surface area (Å²) in [7, 11) is 0. The second-order valence-electron chi connectivity index (χ2n) is 4.29. The highest BCUT2D eigenvalue weighted by molar-refractivity contribution is 14.1. The third kappa shape index (κ3) is 4.49. The molecule has 0 aliphatic carbocycles. The fraction of sp³-hybridized carbons (Fsp3) is 0.312. The van der Waals surface area contributed by atoms with Crippen molar-refractivity contribution in [1.82, 2.24) is 4.90 Å². The third-order valence-electron chi connectivity index (χ3n) is 2.97. The molecule has 1 aromatic carbocycles. The Morgan fingerprint density at radius 2 is 2.05 bits per heavy atom. The van der Waals surface area contributed by atoms with Gasteiger partial charge in [0.2, 0.25) is 5.91 Å². The van der Waals surface area contributed by atoms with Crippen molar-refractivity contribution in [2.75, 3.05) is 0 Å². The molecule has 1 amide bonds. The zero-order valence-corrected chi connectivity index (χ0v) is 13.6. The number of amides is 1. The number of rotatable bonds is 6. The van der Waals surface area contributed by atoms with Gasteiger partial charge in [0.1, 0.15) is 0 Å². The molecule has 19 heavy (non-hydrogen) atoms. The van der Waals surface area contributed by atoms with Crippen LogP contribution in [0.15, 0.2) is 52.8 Å². The van der Waals surface area contributed by atoms with Crippen molar-refractivity contribution in [1.29, 1.82) is 0 Å². The molecule has 0 aromatic heterocycles. The van der Waals surface area contributed by atoms with Gasteiger partial charge in [0, 0.05) is 6.42 Å². The standard InChI is InChI=1S/C16H20INO/c1-4-6-12-16(19)18(15(17)5-2)13(3)14-10-8-7-9-11-14/h4-5,7-11,13H,1,6,12H2,2-3H3/b15-5-/t13-/m0/s1. The van der Waals surface area contributed by atoms with Crippen molar-refractivity contribution in [2.45, 2.75) is 32.7 Å². The molecule has 3 heteroatoms. The maximum Gasteiger partial charge on any atom is 0.228 e. The monoisotopic (exact) mass is 369 g/mol. The Bertz CT molecular complexity index is 453. The van der Waals surface area contributed by atoms with Gasteiger partial charge < -0.3 is 4.90 Å². The fourth-order valence-electron chi connectivity index (χ4n) is 1.89. The number of halogens is 1. The van der Waals surface area contributed by atoms with Crippen molar-refractivity contribution in [3.63, 3.8) is 0 Å². The Morgan fingerprint density at radius 1 is 1.42 bits per heavy atom. The predicted molar refractivity (Wildman–Crippen MR) is 88.9 cm³/mol. The van der Waals surface area contributed by atoms with E-state index in [-0.39, 0.29) is 11.9 Å².